The lowest BCUT2D eigenvalue weighted by molar-refractivity contribution is 0.276. The second-order valence-corrected chi connectivity index (χ2v) is 12.1. The van der Waals surface area contributed by atoms with E-state index in [1.165, 1.54) is 0 Å². The zero-order valence-corrected chi connectivity index (χ0v) is 15.7. The predicted octanol–water partition coefficient (Wildman–Crippen LogP) is 5.54. The molecule has 0 N–H and O–H groups in total. The lowest BCUT2D eigenvalue weighted by Crippen LogP contribution is -2.40. The third-order valence-corrected chi connectivity index (χ3v) is 8.86. The van der Waals surface area contributed by atoms with E-state index in [2.05, 4.69) is 68.5 Å². The van der Waals surface area contributed by atoms with Gasteiger partial charge in [0.05, 0.1) is 11.1 Å². The Morgan fingerprint density at radius 3 is 2.45 bits per heavy atom. The van der Waals surface area contributed by atoms with Crippen molar-refractivity contribution < 1.29 is 9.16 Å². The van der Waals surface area contributed by atoms with Crippen molar-refractivity contribution in [1.29, 1.82) is 0 Å². The first-order valence-corrected chi connectivity index (χ1v) is 10.5. The third kappa shape index (κ3) is 4.76. The summed E-state index contributed by atoms with van der Waals surface area (Å²) in [7, 11) is -1.70. The molecule has 0 aliphatic rings. The highest BCUT2D eigenvalue weighted by Crippen LogP contribution is 2.37. The van der Waals surface area contributed by atoms with E-state index in [0.717, 1.165) is 15.8 Å². The van der Waals surface area contributed by atoms with Gasteiger partial charge in [-0.3, -0.25) is 0 Å². The molecule has 0 aliphatic heterocycles. The fraction of sp³-hybridized carbons (Fsp3) is 0.500. The fourth-order valence-corrected chi connectivity index (χ4v) is 2.88. The molecule has 1 aromatic carbocycles. The Bertz CT molecular complexity index is 464. The molecule has 0 aromatic heterocycles. The molecule has 0 radical (unpaired) electrons. The van der Waals surface area contributed by atoms with Crippen LogP contribution in [0.15, 0.2) is 35.3 Å². The lowest BCUT2D eigenvalue weighted by atomic mass is 10.2. The zero-order chi connectivity index (χ0) is 15.4. The number of halogens is 1. The van der Waals surface area contributed by atoms with Gasteiger partial charge in [-0.1, -0.05) is 39.5 Å². The minimum atomic E-state index is -1.70. The minimum absolute atomic E-state index is 0.233. The summed E-state index contributed by atoms with van der Waals surface area (Å²) in [5, 5.41) is 0.233. The second-order valence-electron chi connectivity index (χ2n) is 6.41. The SMILES string of the molecule is C=CCOc1ccc(CO[Si](C)(C)C(C)(C)C)cc1Br. The van der Waals surface area contributed by atoms with Gasteiger partial charge in [0.15, 0.2) is 8.32 Å². The van der Waals surface area contributed by atoms with Gasteiger partial charge in [0.2, 0.25) is 0 Å². The second kappa shape index (κ2) is 6.92. The van der Waals surface area contributed by atoms with Crippen molar-refractivity contribution in [2.75, 3.05) is 6.61 Å². The van der Waals surface area contributed by atoms with E-state index in [4.69, 9.17) is 9.16 Å². The molecule has 0 heterocycles. The maximum Gasteiger partial charge on any atom is 0.192 e. The van der Waals surface area contributed by atoms with Crippen molar-refractivity contribution in [3.05, 3.63) is 40.9 Å². The smallest absolute Gasteiger partial charge is 0.192 e. The monoisotopic (exact) mass is 356 g/mol. The van der Waals surface area contributed by atoms with E-state index in [1.807, 2.05) is 6.07 Å². The Hall–Kier alpha value is -0.583. The third-order valence-electron chi connectivity index (χ3n) is 3.76. The standard InChI is InChI=1S/C16H25BrO2Si/c1-7-10-18-15-9-8-13(11-14(15)17)12-19-20(5,6)16(2,3)4/h7-9,11H,1,10,12H2,2-6H3. The summed E-state index contributed by atoms with van der Waals surface area (Å²) >= 11 is 3.53. The molecule has 0 amide bonds. The van der Waals surface area contributed by atoms with Crippen molar-refractivity contribution in [3.8, 4) is 5.75 Å². The molecule has 0 bridgehead atoms. The van der Waals surface area contributed by atoms with Crippen LogP contribution < -0.4 is 4.74 Å². The van der Waals surface area contributed by atoms with Crippen molar-refractivity contribution in [2.45, 2.75) is 45.5 Å². The largest absolute Gasteiger partial charge is 0.488 e. The first-order valence-electron chi connectivity index (χ1n) is 6.83. The van der Waals surface area contributed by atoms with Crippen molar-refractivity contribution in [2.24, 2.45) is 0 Å². The van der Waals surface area contributed by atoms with Crippen molar-refractivity contribution in [3.63, 3.8) is 0 Å². The van der Waals surface area contributed by atoms with E-state index in [0.29, 0.717) is 13.2 Å². The van der Waals surface area contributed by atoms with E-state index in [-0.39, 0.29) is 5.04 Å². The molecule has 0 atom stereocenters. The van der Waals surface area contributed by atoms with Gasteiger partial charge in [-0.15, -0.1) is 0 Å². The Labute approximate surface area is 132 Å². The lowest BCUT2D eigenvalue weighted by Gasteiger charge is -2.36. The van der Waals surface area contributed by atoms with Crippen LogP contribution >= 0.6 is 15.9 Å². The molecule has 0 saturated heterocycles. The Kier molecular flexibility index (Phi) is 6.04. The molecule has 2 nitrogen and oxygen atoms in total. The topological polar surface area (TPSA) is 18.5 Å². The molecule has 1 aromatic rings. The van der Waals surface area contributed by atoms with Crippen molar-refractivity contribution >= 4 is 24.2 Å². The first kappa shape index (κ1) is 17.5. The highest BCUT2D eigenvalue weighted by Gasteiger charge is 2.36. The number of hydrogen-bond acceptors (Lipinski definition) is 2. The maximum atomic E-state index is 6.22. The number of rotatable bonds is 6. The Morgan fingerprint density at radius 1 is 1.30 bits per heavy atom. The summed E-state index contributed by atoms with van der Waals surface area (Å²) in [6.45, 7) is 16.1. The molecule has 0 aliphatic carbocycles. The summed E-state index contributed by atoms with van der Waals surface area (Å²) in [5.74, 6) is 0.834. The zero-order valence-electron chi connectivity index (χ0n) is 13.1. The molecule has 4 heteroatoms. The van der Waals surface area contributed by atoms with Crippen LogP contribution in [0.3, 0.4) is 0 Å². The molecule has 0 unspecified atom stereocenters. The minimum Gasteiger partial charge on any atom is -0.488 e. The van der Waals surface area contributed by atoms with E-state index < -0.39 is 8.32 Å². The fourth-order valence-electron chi connectivity index (χ4n) is 1.38. The maximum absolute atomic E-state index is 6.22. The van der Waals surface area contributed by atoms with Crippen molar-refractivity contribution in [1.82, 2.24) is 0 Å². The van der Waals surface area contributed by atoms with Crippen LogP contribution in [-0.4, -0.2) is 14.9 Å². The summed E-state index contributed by atoms with van der Waals surface area (Å²) < 4.78 is 12.7. The van der Waals surface area contributed by atoms with Gasteiger partial charge in [0, 0.05) is 0 Å². The molecule has 0 saturated carbocycles. The van der Waals surface area contributed by atoms with E-state index in [9.17, 15) is 0 Å². The average molecular weight is 357 g/mol. The van der Waals surface area contributed by atoms with Gasteiger partial charge >= 0.3 is 0 Å². The average Bonchev–Trinajstić information content (AvgIpc) is 2.34. The molecule has 0 spiro atoms. The summed E-state index contributed by atoms with van der Waals surface area (Å²) in [6, 6.07) is 6.08. The van der Waals surface area contributed by atoms with Crippen LogP contribution in [0.4, 0.5) is 0 Å². The number of ether oxygens (including phenoxy) is 1. The first-order chi connectivity index (χ1) is 9.17. The van der Waals surface area contributed by atoms with E-state index >= 15 is 0 Å². The Balaban J connectivity index is 2.71. The molecular weight excluding hydrogens is 332 g/mol. The quantitative estimate of drug-likeness (QED) is 0.492. The van der Waals surface area contributed by atoms with Gasteiger partial charge in [-0.25, -0.2) is 0 Å². The summed E-state index contributed by atoms with van der Waals surface area (Å²) in [4.78, 5) is 0. The number of hydrogen-bond donors (Lipinski definition) is 0. The predicted molar refractivity (Wildman–Crippen MR) is 91.8 cm³/mol. The van der Waals surface area contributed by atoms with Crippen LogP contribution in [0.5, 0.6) is 5.75 Å². The number of benzene rings is 1. The van der Waals surface area contributed by atoms with Gasteiger partial charge in [0.25, 0.3) is 0 Å². The van der Waals surface area contributed by atoms with E-state index in [1.54, 1.807) is 6.08 Å². The highest BCUT2D eigenvalue weighted by atomic mass is 79.9. The molecular formula is C16H25BrO2Si. The van der Waals surface area contributed by atoms with Gasteiger partial charge in [-0.2, -0.15) is 0 Å². The molecule has 0 fully saturated rings. The Morgan fingerprint density at radius 2 is 1.95 bits per heavy atom. The van der Waals surface area contributed by atoms with Gasteiger partial charge in [-0.05, 0) is 51.8 Å². The van der Waals surface area contributed by atoms with Crippen LogP contribution in [0.2, 0.25) is 18.1 Å². The normalized spacial score (nSPS) is 12.3. The molecule has 1 rings (SSSR count). The van der Waals surface area contributed by atoms with Crippen LogP contribution in [-0.2, 0) is 11.0 Å². The summed E-state index contributed by atoms with van der Waals surface area (Å²) in [5.41, 5.74) is 1.16. The highest BCUT2D eigenvalue weighted by molar-refractivity contribution is 9.10. The van der Waals surface area contributed by atoms with Crippen LogP contribution in [0, 0.1) is 0 Å². The van der Waals surface area contributed by atoms with Crippen LogP contribution in [0.1, 0.15) is 26.3 Å². The molecule has 112 valence electrons. The summed E-state index contributed by atoms with van der Waals surface area (Å²) in [6.07, 6.45) is 1.74. The van der Waals surface area contributed by atoms with Gasteiger partial charge in [0.1, 0.15) is 12.4 Å². The van der Waals surface area contributed by atoms with Crippen LogP contribution in [0.25, 0.3) is 0 Å². The molecule has 20 heavy (non-hydrogen) atoms. The van der Waals surface area contributed by atoms with Gasteiger partial charge < -0.3 is 9.16 Å².